The Morgan fingerprint density at radius 3 is 2.50 bits per heavy atom. The maximum Gasteiger partial charge on any atom is 0.188 e. The van der Waals surface area contributed by atoms with Crippen molar-refractivity contribution in [1.82, 2.24) is 20.3 Å². The van der Waals surface area contributed by atoms with E-state index in [9.17, 15) is 4.39 Å². The second kappa shape index (κ2) is 7.59. The summed E-state index contributed by atoms with van der Waals surface area (Å²) >= 11 is 1.53. The van der Waals surface area contributed by atoms with E-state index in [0.717, 1.165) is 16.3 Å². The van der Waals surface area contributed by atoms with Gasteiger partial charge >= 0.3 is 0 Å². The summed E-state index contributed by atoms with van der Waals surface area (Å²) in [6.07, 6.45) is 3.43. The normalized spacial score (nSPS) is 12.5. The van der Waals surface area contributed by atoms with Crippen LogP contribution in [0.4, 0.5) is 4.39 Å². The van der Waals surface area contributed by atoms with Gasteiger partial charge in [-0.3, -0.25) is 0 Å². The van der Waals surface area contributed by atoms with Crippen molar-refractivity contribution in [2.45, 2.75) is 26.4 Å². The molecule has 0 saturated carbocycles. The molecule has 2 aromatic heterocycles. The molecular weight excluding hydrogens is 323 g/mol. The van der Waals surface area contributed by atoms with E-state index in [1.807, 2.05) is 17.5 Å². The van der Waals surface area contributed by atoms with E-state index in [4.69, 9.17) is 0 Å². The number of nitrogens with one attached hydrogen (secondary N) is 1. The van der Waals surface area contributed by atoms with Crippen molar-refractivity contribution in [1.29, 1.82) is 0 Å². The van der Waals surface area contributed by atoms with Crippen molar-refractivity contribution in [2.75, 3.05) is 0 Å². The molecule has 0 fully saturated rings. The first-order valence-electron chi connectivity index (χ1n) is 7.84. The number of rotatable bonds is 6. The molecule has 0 bridgehead atoms. The van der Waals surface area contributed by atoms with Gasteiger partial charge in [-0.15, -0.1) is 11.3 Å². The zero-order chi connectivity index (χ0) is 16.9. The smallest absolute Gasteiger partial charge is 0.188 e. The average molecular weight is 342 g/mol. The zero-order valence-electron chi connectivity index (χ0n) is 13.6. The Morgan fingerprint density at radius 1 is 1.12 bits per heavy atom. The fourth-order valence-electron chi connectivity index (χ4n) is 2.52. The third-order valence-corrected chi connectivity index (χ3v) is 4.59. The van der Waals surface area contributed by atoms with Crippen LogP contribution < -0.4 is 5.32 Å². The number of aromatic nitrogens is 3. The molecule has 3 rings (SSSR count). The Hall–Kier alpha value is -2.18. The molecule has 0 aliphatic rings. The van der Waals surface area contributed by atoms with Crippen LogP contribution in [-0.4, -0.2) is 15.0 Å². The van der Waals surface area contributed by atoms with Gasteiger partial charge in [0.15, 0.2) is 10.8 Å². The van der Waals surface area contributed by atoms with Crippen molar-refractivity contribution >= 4 is 11.3 Å². The highest BCUT2D eigenvalue weighted by Gasteiger charge is 2.16. The Labute approximate surface area is 144 Å². The van der Waals surface area contributed by atoms with Crippen molar-refractivity contribution in [3.63, 3.8) is 0 Å². The molecule has 1 aromatic carbocycles. The highest BCUT2D eigenvalue weighted by molar-refractivity contribution is 7.13. The van der Waals surface area contributed by atoms with Gasteiger partial charge in [-0.1, -0.05) is 26.0 Å². The number of thiazole rings is 1. The van der Waals surface area contributed by atoms with Crippen molar-refractivity contribution in [3.8, 4) is 10.8 Å². The van der Waals surface area contributed by atoms with Gasteiger partial charge in [0.1, 0.15) is 5.82 Å². The van der Waals surface area contributed by atoms with Crippen LogP contribution in [0.5, 0.6) is 0 Å². The molecule has 24 heavy (non-hydrogen) atoms. The van der Waals surface area contributed by atoms with E-state index in [1.54, 1.807) is 18.5 Å². The van der Waals surface area contributed by atoms with Gasteiger partial charge < -0.3 is 5.32 Å². The number of hydrogen-bond donors (Lipinski definition) is 1. The fraction of sp³-hybridized carbons (Fsp3) is 0.278. The molecule has 3 aromatic rings. The third kappa shape index (κ3) is 4.01. The van der Waals surface area contributed by atoms with Crippen molar-refractivity contribution in [3.05, 3.63) is 65.2 Å². The van der Waals surface area contributed by atoms with Crippen LogP contribution >= 0.6 is 11.3 Å². The van der Waals surface area contributed by atoms with E-state index in [-0.39, 0.29) is 11.9 Å². The Bertz CT molecular complexity index is 771. The standard InChI is InChI=1S/C18H19FN4S/c1-12(2)16(13-4-6-14(19)7-5-13)22-10-15-11-24-18(23-15)17-20-8-3-9-21-17/h3-9,11-12,16,22H,10H2,1-2H3/t16-/m1/s1. The summed E-state index contributed by atoms with van der Waals surface area (Å²) in [6, 6.07) is 8.59. The first kappa shape index (κ1) is 16.7. The highest BCUT2D eigenvalue weighted by atomic mass is 32.1. The fourth-order valence-corrected chi connectivity index (χ4v) is 3.29. The van der Waals surface area contributed by atoms with Crippen LogP contribution in [0.3, 0.4) is 0 Å². The second-order valence-electron chi connectivity index (χ2n) is 5.87. The first-order valence-corrected chi connectivity index (χ1v) is 8.72. The van der Waals surface area contributed by atoms with Gasteiger partial charge in [0.2, 0.25) is 0 Å². The summed E-state index contributed by atoms with van der Waals surface area (Å²) in [7, 11) is 0. The second-order valence-corrected chi connectivity index (χ2v) is 6.73. The van der Waals surface area contributed by atoms with E-state index < -0.39 is 0 Å². The summed E-state index contributed by atoms with van der Waals surface area (Å²) in [5.41, 5.74) is 2.03. The molecular formula is C18H19FN4S. The number of nitrogens with zero attached hydrogens (tertiary/aromatic N) is 3. The quantitative estimate of drug-likeness (QED) is 0.728. The zero-order valence-corrected chi connectivity index (χ0v) is 14.4. The van der Waals surface area contributed by atoms with Crippen LogP contribution in [0.1, 0.15) is 31.1 Å². The van der Waals surface area contributed by atoms with Gasteiger partial charge in [0, 0.05) is 30.4 Å². The van der Waals surface area contributed by atoms with Crippen LogP contribution in [-0.2, 0) is 6.54 Å². The molecule has 0 aliphatic carbocycles. The minimum Gasteiger partial charge on any atom is -0.304 e. The van der Waals surface area contributed by atoms with Crippen molar-refractivity contribution in [2.24, 2.45) is 5.92 Å². The average Bonchev–Trinajstić information content (AvgIpc) is 3.06. The monoisotopic (exact) mass is 342 g/mol. The van der Waals surface area contributed by atoms with Crippen LogP contribution in [0.15, 0.2) is 48.1 Å². The molecule has 2 heterocycles. The molecule has 6 heteroatoms. The van der Waals surface area contributed by atoms with Gasteiger partial charge in [0.05, 0.1) is 5.69 Å². The maximum atomic E-state index is 13.1. The van der Waals surface area contributed by atoms with E-state index in [1.165, 1.54) is 23.5 Å². The molecule has 0 unspecified atom stereocenters. The lowest BCUT2D eigenvalue weighted by Gasteiger charge is -2.22. The molecule has 124 valence electrons. The Morgan fingerprint density at radius 2 is 1.83 bits per heavy atom. The maximum absolute atomic E-state index is 13.1. The minimum atomic E-state index is -0.215. The van der Waals surface area contributed by atoms with Crippen molar-refractivity contribution < 1.29 is 4.39 Å². The summed E-state index contributed by atoms with van der Waals surface area (Å²) < 4.78 is 13.1. The largest absolute Gasteiger partial charge is 0.304 e. The summed E-state index contributed by atoms with van der Waals surface area (Å²) in [5, 5.41) is 6.35. The predicted molar refractivity (Wildman–Crippen MR) is 94.0 cm³/mol. The van der Waals surface area contributed by atoms with Gasteiger partial charge in [-0.05, 0) is 29.7 Å². The molecule has 1 N–H and O–H groups in total. The summed E-state index contributed by atoms with van der Waals surface area (Å²) in [5.74, 6) is 0.812. The highest BCUT2D eigenvalue weighted by Crippen LogP contribution is 2.24. The third-order valence-electron chi connectivity index (χ3n) is 3.71. The molecule has 0 spiro atoms. The Balaban J connectivity index is 1.69. The lowest BCUT2D eigenvalue weighted by atomic mass is 9.96. The van der Waals surface area contributed by atoms with Crippen LogP contribution in [0.25, 0.3) is 10.8 Å². The molecule has 1 atom stereocenters. The predicted octanol–water partition coefficient (Wildman–Crippen LogP) is 4.23. The molecule has 0 amide bonds. The van der Waals surface area contributed by atoms with Crippen LogP contribution in [0, 0.1) is 11.7 Å². The topological polar surface area (TPSA) is 50.7 Å². The summed E-state index contributed by atoms with van der Waals surface area (Å²) in [4.78, 5) is 13.0. The lowest BCUT2D eigenvalue weighted by molar-refractivity contribution is 0.408. The van der Waals surface area contributed by atoms with E-state index in [0.29, 0.717) is 18.3 Å². The molecule has 0 aliphatic heterocycles. The van der Waals surface area contributed by atoms with Gasteiger partial charge in [-0.25, -0.2) is 19.3 Å². The molecule has 0 saturated heterocycles. The van der Waals surface area contributed by atoms with E-state index >= 15 is 0 Å². The van der Waals surface area contributed by atoms with Crippen LogP contribution in [0.2, 0.25) is 0 Å². The van der Waals surface area contributed by atoms with E-state index in [2.05, 4.69) is 34.1 Å². The summed E-state index contributed by atoms with van der Waals surface area (Å²) in [6.45, 7) is 4.93. The number of benzene rings is 1. The number of halogens is 1. The molecule has 0 radical (unpaired) electrons. The number of hydrogen-bond acceptors (Lipinski definition) is 5. The molecule has 4 nitrogen and oxygen atoms in total. The SMILES string of the molecule is CC(C)[C@@H](NCc1csc(-c2ncccn2)n1)c1ccc(F)cc1. The minimum absolute atomic E-state index is 0.142. The van der Waals surface area contributed by atoms with Gasteiger partial charge in [0.25, 0.3) is 0 Å². The van der Waals surface area contributed by atoms with Gasteiger partial charge in [-0.2, -0.15) is 0 Å². The first-order chi connectivity index (χ1) is 11.6. The lowest BCUT2D eigenvalue weighted by Crippen LogP contribution is -2.25. The Kier molecular flexibility index (Phi) is 5.27.